The van der Waals surface area contributed by atoms with E-state index < -0.39 is 10.0 Å². The van der Waals surface area contributed by atoms with E-state index >= 15 is 0 Å². The summed E-state index contributed by atoms with van der Waals surface area (Å²) in [4.78, 5) is 0.313. The predicted molar refractivity (Wildman–Crippen MR) is 79.8 cm³/mol. The molecule has 0 N–H and O–H groups in total. The Kier molecular flexibility index (Phi) is 4.62. The third-order valence-corrected chi connectivity index (χ3v) is 5.46. The molecule has 112 valence electrons. The van der Waals surface area contributed by atoms with Gasteiger partial charge in [0, 0.05) is 13.1 Å². The van der Waals surface area contributed by atoms with Crippen molar-refractivity contribution in [3.63, 3.8) is 0 Å². The first-order chi connectivity index (χ1) is 9.35. The molecule has 0 radical (unpaired) electrons. The van der Waals surface area contributed by atoms with E-state index in [0.29, 0.717) is 36.2 Å². The summed E-state index contributed by atoms with van der Waals surface area (Å²) in [5.41, 5.74) is 0.0521. The Morgan fingerprint density at radius 2 is 1.95 bits per heavy atom. The van der Waals surface area contributed by atoms with Crippen LogP contribution in [0.5, 0.6) is 5.75 Å². The van der Waals surface area contributed by atoms with Gasteiger partial charge in [0.25, 0.3) is 0 Å². The van der Waals surface area contributed by atoms with Gasteiger partial charge in [0.1, 0.15) is 12.4 Å². The Bertz CT molecular complexity index is 554. The highest BCUT2D eigenvalue weighted by atomic mass is 35.5. The number of hydrogen-bond acceptors (Lipinski definition) is 3. The van der Waals surface area contributed by atoms with E-state index in [4.69, 9.17) is 16.3 Å². The minimum Gasteiger partial charge on any atom is -0.492 e. The summed E-state index contributed by atoms with van der Waals surface area (Å²) in [6.45, 7) is 5.74. The van der Waals surface area contributed by atoms with Crippen molar-refractivity contribution in [3.05, 3.63) is 24.3 Å². The summed E-state index contributed by atoms with van der Waals surface area (Å²) in [7, 11) is -3.40. The van der Waals surface area contributed by atoms with E-state index in [1.807, 2.05) is 0 Å². The van der Waals surface area contributed by atoms with Crippen molar-refractivity contribution >= 4 is 21.6 Å². The quantitative estimate of drug-likeness (QED) is 0.784. The fraction of sp³-hybridized carbons (Fsp3) is 0.571. The Labute approximate surface area is 125 Å². The minimum absolute atomic E-state index is 0.0521. The highest BCUT2D eigenvalue weighted by Gasteiger charge is 2.36. The van der Waals surface area contributed by atoms with E-state index in [-0.39, 0.29) is 5.41 Å². The molecule has 1 aliphatic rings. The summed E-state index contributed by atoms with van der Waals surface area (Å²) >= 11 is 5.54. The van der Waals surface area contributed by atoms with Crippen molar-refractivity contribution in [3.8, 4) is 5.75 Å². The summed E-state index contributed by atoms with van der Waals surface area (Å²) in [6, 6.07) is 6.51. The average Bonchev–Trinajstić information content (AvgIpc) is 2.78. The number of halogens is 1. The van der Waals surface area contributed by atoms with E-state index in [1.54, 1.807) is 28.6 Å². The molecule has 1 fully saturated rings. The van der Waals surface area contributed by atoms with Crippen molar-refractivity contribution in [2.75, 3.05) is 25.6 Å². The van der Waals surface area contributed by atoms with Crippen LogP contribution in [-0.4, -0.2) is 38.3 Å². The Morgan fingerprint density at radius 3 is 2.45 bits per heavy atom. The van der Waals surface area contributed by atoms with Gasteiger partial charge in [0.15, 0.2) is 0 Å². The first-order valence-electron chi connectivity index (χ1n) is 6.64. The maximum absolute atomic E-state index is 12.5. The molecule has 0 unspecified atom stereocenters. The number of ether oxygens (including phenoxy) is 1. The summed E-state index contributed by atoms with van der Waals surface area (Å²) in [6.07, 6.45) is 0.892. The molecule has 1 saturated heterocycles. The molecule has 0 aromatic heterocycles. The molecule has 1 heterocycles. The molecule has 20 heavy (non-hydrogen) atoms. The van der Waals surface area contributed by atoms with Crippen LogP contribution in [0.3, 0.4) is 0 Å². The van der Waals surface area contributed by atoms with Crippen LogP contribution in [-0.2, 0) is 10.0 Å². The van der Waals surface area contributed by atoms with E-state index in [0.717, 1.165) is 6.42 Å². The zero-order valence-electron chi connectivity index (χ0n) is 11.8. The highest BCUT2D eigenvalue weighted by Crippen LogP contribution is 2.32. The third kappa shape index (κ3) is 3.45. The lowest BCUT2D eigenvalue weighted by Crippen LogP contribution is -2.30. The van der Waals surface area contributed by atoms with Gasteiger partial charge in [-0.2, -0.15) is 4.31 Å². The third-order valence-electron chi connectivity index (χ3n) is 3.45. The average molecular weight is 318 g/mol. The summed E-state index contributed by atoms with van der Waals surface area (Å²) < 4.78 is 31.9. The summed E-state index contributed by atoms with van der Waals surface area (Å²) in [5.74, 6) is 1.04. The summed E-state index contributed by atoms with van der Waals surface area (Å²) in [5, 5.41) is 0. The second-order valence-electron chi connectivity index (χ2n) is 5.76. The lowest BCUT2D eigenvalue weighted by Gasteiger charge is -2.19. The van der Waals surface area contributed by atoms with E-state index in [1.165, 1.54) is 0 Å². The first kappa shape index (κ1) is 15.6. The topological polar surface area (TPSA) is 46.6 Å². The standard InChI is InChI=1S/C14H20ClNO3S/c1-14(2)7-9-16(11-14)20(17,18)13-5-3-12(4-6-13)19-10-8-15/h3-6H,7-11H2,1-2H3. The largest absolute Gasteiger partial charge is 0.492 e. The van der Waals surface area contributed by atoms with Crippen LogP contribution in [0, 0.1) is 5.41 Å². The minimum atomic E-state index is -3.40. The molecule has 0 aliphatic carbocycles. The van der Waals surface area contributed by atoms with Gasteiger partial charge in [-0.3, -0.25) is 0 Å². The molecule has 1 aromatic carbocycles. The van der Waals surface area contributed by atoms with Gasteiger partial charge >= 0.3 is 0 Å². The van der Waals surface area contributed by atoms with Crippen LogP contribution in [0.4, 0.5) is 0 Å². The van der Waals surface area contributed by atoms with Crippen molar-refractivity contribution in [1.82, 2.24) is 4.31 Å². The van der Waals surface area contributed by atoms with Crippen LogP contribution < -0.4 is 4.74 Å². The molecule has 0 saturated carbocycles. The smallest absolute Gasteiger partial charge is 0.243 e. The molecule has 6 heteroatoms. The molecule has 1 aliphatic heterocycles. The van der Waals surface area contributed by atoms with Crippen LogP contribution >= 0.6 is 11.6 Å². The van der Waals surface area contributed by atoms with Crippen molar-refractivity contribution in [2.45, 2.75) is 25.2 Å². The number of alkyl halides is 1. The molecule has 0 bridgehead atoms. The van der Waals surface area contributed by atoms with Gasteiger partial charge in [0.2, 0.25) is 10.0 Å². The van der Waals surface area contributed by atoms with Crippen LogP contribution in [0.2, 0.25) is 0 Å². The lowest BCUT2D eigenvalue weighted by molar-refractivity contribution is 0.342. The first-order valence-corrected chi connectivity index (χ1v) is 8.62. The van der Waals surface area contributed by atoms with Gasteiger partial charge in [-0.05, 0) is 36.1 Å². The fourth-order valence-corrected chi connectivity index (χ4v) is 3.99. The molecular formula is C14H20ClNO3S. The van der Waals surface area contributed by atoms with Gasteiger partial charge in [-0.25, -0.2) is 8.42 Å². The van der Waals surface area contributed by atoms with Gasteiger partial charge in [0.05, 0.1) is 10.8 Å². The highest BCUT2D eigenvalue weighted by molar-refractivity contribution is 7.89. The maximum atomic E-state index is 12.5. The Hall–Kier alpha value is -0.780. The van der Waals surface area contributed by atoms with Crippen LogP contribution in [0.25, 0.3) is 0 Å². The second kappa shape index (κ2) is 5.92. The van der Waals surface area contributed by atoms with Crippen LogP contribution in [0.1, 0.15) is 20.3 Å². The van der Waals surface area contributed by atoms with E-state index in [9.17, 15) is 8.42 Å². The van der Waals surface area contributed by atoms with Crippen LogP contribution in [0.15, 0.2) is 29.2 Å². The van der Waals surface area contributed by atoms with Gasteiger partial charge in [-0.15, -0.1) is 11.6 Å². The molecular weight excluding hydrogens is 298 g/mol. The number of nitrogens with zero attached hydrogens (tertiary/aromatic N) is 1. The number of sulfonamides is 1. The van der Waals surface area contributed by atoms with Gasteiger partial charge < -0.3 is 4.74 Å². The molecule has 1 aromatic rings. The zero-order valence-corrected chi connectivity index (χ0v) is 13.4. The Morgan fingerprint density at radius 1 is 1.30 bits per heavy atom. The van der Waals surface area contributed by atoms with Crippen molar-refractivity contribution in [1.29, 1.82) is 0 Å². The molecule has 0 amide bonds. The van der Waals surface area contributed by atoms with Gasteiger partial charge in [-0.1, -0.05) is 13.8 Å². The van der Waals surface area contributed by atoms with Crippen molar-refractivity contribution in [2.24, 2.45) is 5.41 Å². The maximum Gasteiger partial charge on any atom is 0.243 e. The predicted octanol–water partition coefficient (Wildman–Crippen LogP) is 2.72. The molecule has 0 atom stereocenters. The number of hydrogen-bond donors (Lipinski definition) is 0. The SMILES string of the molecule is CC1(C)CCN(S(=O)(=O)c2ccc(OCCCl)cc2)C1. The molecule has 0 spiro atoms. The molecule has 4 nitrogen and oxygen atoms in total. The zero-order chi connectivity index (χ0) is 14.8. The second-order valence-corrected chi connectivity index (χ2v) is 8.08. The number of benzene rings is 1. The fourth-order valence-electron chi connectivity index (χ4n) is 2.28. The Balaban J connectivity index is 2.14. The normalized spacial score (nSPS) is 19.1. The van der Waals surface area contributed by atoms with E-state index in [2.05, 4.69) is 13.8 Å². The monoisotopic (exact) mass is 317 g/mol. The lowest BCUT2D eigenvalue weighted by atomic mass is 9.93. The molecule has 2 rings (SSSR count). The number of rotatable bonds is 5. The van der Waals surface area contributed by atoms with Crippen molar-refractivity contribution < 1.29 is 13.2 Å².